The molecule has 0 aromatic rings. The molecule has 0 unspecified atom stereocenters. The van der Waals surface area contributed by atoms with Gasteiger partial charge in [-0.15, -0.1) is 0 Å². The van der Waals surface area contributed by atoms with E-state index in [0.717, 1.165) is 19.5 Å². The molecule has 2 saturated heterocycles. The van der Waals surface area contributed by atoms with Crippen LogP contribution in [0.15, 0.2) is 0 Å². The number of hydrogen-bond acceptors (Lipinski definition) is 1. The third-order valence-electron chi connectivity index (χ3n) is 4.72. The number of halogens is 1. The maximum absolute atomic E-state index is 13.4. The SMILES string of the molecule is CC1([C@@]23CCCN2C[C@H](F)C3)CC1. The maximum atomic E-state index is 13.4. The van der Waals surface area contributed by atoms with Crippen LogP contribution in [0.2, 0.25) is 0 Å². The number of alkyl halides is 1. The van der Waals surface area contributed by atoms with Crippen molar-refractivity contribution in [3.8, 4) is 0 Å². The summed E-state index contributed by atoms with van der Waals surface area (Å²) in [6.07, 6.45) is 5.49. The Hall–Kier alpha value is -0.110. The lowest BCUT2D eigenvalue weighted by atomic mass is 9.78. The van der Waals surface area contributed by atoms with Crippen LogP contribution in [-0.2, 0) is 0 Å². The Kier molecular flexibility index (Phi) is 1.44. The van der Waals surface area contributed by atoms with Gasteiger partial charge in [-0.2, -0.15) is 0 Å². The van der Waals surface area contributed by atoms with Crippen LogP contribution in [0.5, 0.6) is 0 Å². The van der Waals surface area contributed by atoms with Crippen LogP contribution in [0.3, 0.4) is 0 Å². The lowest BCUT2D eigenvalue weighted by Gasteiger charge is -2.38. The summed E-state index contributed by atoms with van der Waals surface area (Å²) < 4.78 is 13.4. The third-order valence-corrected chi connectivity index (χ3v) is 4.72. The molecule has 0 aromatic heterocycles. The minimum Gasteiger partial charge on any atom is -0.294 e. The summed E-state index contributed by atoms with van der Waals surface area (Å²) in [5, 5.41) is 0. The van der Waals surface area contributed by atoms with E-state index < -0.39 is 6.17 Å². The molecule has 0 N–H and O–H groups in total. The molecule has 0 radical (unpaired) electrons. The zero-order valence-corrected chi connectivity index (χ0v) is 8.35. The van der Waals surface area contributed by atoms with Gasteiger partial charge in [0.15, 0.2) is 0 Å². The molecular weight excluding hydrogens is 165 g/mol. The van der Waals surface area contributed by atoms with Crippen LogP contribution in [0, 0.1) is 5.41 Å². The largest absolute Gasteiger partial charge is 0.294 e. The van der Waals surface area contributed by atoms with E-state index >= 15 is 0 Å². The molecule has 2 heterocycles. The van der Waals surface area contributed by atoms with Crippen molar-refractivity contribution in [2.24, 2.45) is 5.41 Å². The Morgan fingerprint density at radius 1 is 1.31 bits per heavy atom. The first-order valence-corrected chi connectivity index (χ1v) is 5.55. The predicted molar refractivity (Wildman–Crippen MR) is 50.4 cm³/mol. The van der Waals surface area contributed by atoms with Crippen LogP contribution >= 0.6 is 0 Å². The van der Waals surface area contributed by atoms with Crippen LogP contribution in [0.1, 0.15) is 39.0 Å². The Balaban J connectivity index is 1.94. The van der Waals surface area contributed by atoms with E-state index in [9.17, 15) is 4.39 Å². The van der Waals surface area contributed by atoms with Gasteiger partial charge in [0.25, 0.3) is 0 Å². The molecule has 2 heteroatoms. The smallest absolute Gasteiger partial charge is 0.115 e. The maximum Gasteiger partial charge on any atom is 0.115 e. The van der Waals surface area contributed by atoms with Crippen molar-refractivity contribution in [1.82, 2.24) is 4.90 Å². The number of hydrogen-bond donors (Lipinski definition) is 0. The highest BCUT2D eigenvalue weighted by atomic mass is 19.1. The van der Waals surface area contributed by atoms with Gasteiger partial charge in [0, 0.05) is 12.1 Å². The highest BCUT2D eigenvalue weighted by Gasteiger charge is 2.63. The van der Waals surface area contributed by atoms with Gasteiger partial charge < -0.3 is 0 Å². The van der Waals surface area contributed by atoms with Crippen molar-refractivity contribution in [2.75, 3.05) is 13.1 Å². The Morgan fingerprint density at radius 3 is 2.77 bits per heavy atom. The van der Waals surface area contributed by atoms with Crippen LogP contribution in [0.25, 0.3) is 0 Å². The summed E-state index contributed by atoms with van der Waals surface area (Å²) in [6, 6.07) is 0. The second-order valence-corrected chi connectivity index (χ2v) is 5.44. The van der Waals surface area contributed by atoms with Crippen molar-refractivity contribution >= 4 is 0 Å². The molecule has 2 atom stereocenters. The average molecular weight is 183 g/mol. The van der Waals surface area contributed by atoms with Crippen LogP contribution < -0.4 is 0 Å². The molecule has 0 bridgehead atoms. The van der Waals surface area contributed by atoms with E-state index in [1.165, 1.54) is 25.7 Å². The molecule has 3 rings (SSSR count). The van der Waals surface area contributed by atoms with Crippen molar-refractivity contribution in [2.45, 2.75) is 50.7 Å². The van der Waals surface area contributed by atoms with Crippen molar-refractivity contribution in [1.29, 1.82) is 0 Å². The summed E-state index contributed by atoms with van der Waals surface area (Å²) in [5.74, 6) is 0. The van der Waals surface area contributed by atoms with Gasteiger partial charge in [0.2, 0.25) is 0 Å². The van der Waals surface area contributed by atoms with E-state index in [2.05, 4.69) is 11.8 Å². The summed E-state index contributed by atoms with van der Waals surface area (Å²) in [4.78, 5) is 2.45. The van der Waals surface area contributed by atoms with Gasteiger partial charge in [-0.25, -0.2) is 4.39 Å². The van der Waals surface area contributed by atoms with Crippen LogP contribution in [0.4, 0.5) is 4.39 Å². The third kappa shape index (κ3) is 0.903. The van der Waals surface area contributed by atoms with E-state index in [0.29, 0.717) is 5.41 Å². The molecule has 0 aromatic carbocycles. The van der Waals surface area contributed by atoms with Crippen molar-refractivity contribution < 1.29 is 4.39 Å². The van der Waals surface area contributed by atoms with Gasteiger partial charge in [-0.05, 0) is 44.1 Å². The van der Waals surface area contributed by atoms with E-state index in [4.69, 9.17) is 0 Å². The first-order valence-electron chi connectivity index (χ1n) is 5.55. The molecule has 2 aliphatic heterocycles. The average Bonchev–Trinajstić information content (AvgIpc) is 2.56. The highest BCUT2D eigenvalue weighted by Crippen LogP contribution is 2.63. The minimum atomic E-state index is -0.544. The zero-order valence-electron chi connectivity index (χ0n) is 8.35. The molecule has 1 aliphatic carbocycles. The predicted octanol–water partition coefficient (Wildman–Crippen LogP) is 2.36. The molecule has 74 valence electrons. The normalized spacial score (nSPS) is 48.0. The molecule has 1 saturated carbocycles. The first-order chi connectivity index (χ1) is 6.16. The van der Waals surface area contributed by atoms with Gasteiger partial charge in [-0.1, -0.05) is 6.92 Å². The van der Waals surface area contributed by atoms with E-state index in [1.807, 2.05) is 0 Å². The summed E-state index contributed by atoms with van der Waals surface area (Å²) in [6.45, 7) is 4.23. The summed E-state index contributed by atoms with van der Waals surface area (Å²) >= 11 is 0. The summed E-state index contributed by atoms with van der Waals surface area (Å²) in [7, 11) is 0. The molecule has 1 nitrogen and oxygen atoms in total. The van der Waals surface area contributed by atoms with E-state index in [1.54, 1.807) is 0 Å². The quantitative estimate of drug-likeness (QED) is 0.603. The Labute approximate surface area is 79.3 Å². The molecule has 3 fully saturated rings. The molecule has 0 amide bonds. The second-order valence-electron chi connectivity index (χ2n) is 5.44. The fourth-order valence-corrected chi connectivity index (χ4v) is 3.68. The van der Waals surface area contributed by atoms with Gasteiger partial charge >= 0.3 is 0 Å². The fraction of sp³-hybridized carbons (Fsp3) is 1.00. The molecule has 13 heavy (non-hydrogen) atoms. The Morgan fingerprint density at radius 2 is 2.08 bits per heavy atom. The number of fused-ring (bicyclic) bond motifs is 1. The minimum absolute atomic E-state index is 0.284. The monoisotopic (exact) mass is 183 g/mol. The fourth-order valence-electron chi connectivity index (χ4n) is 3.68. The van der Waals surface area contributed by atoms with Gasteiger partial charge in [0.1, 0.15) is 6.17 Å². The highest BCUT2D eigenvalue weighted by molar-refractivity contribution is 5.17. The van der Waals surface area contributed by atoms with E-state index in [-0.39, 0.29) is 5.54 Å². The van der Waals surface area contributed by atoms with Gasteiger partial charge in [0.05, 0.1) is 0 Å². The lowest BCUT2D eigenvalue weighted by Crippen LogP contribution is -2.45. The Bertz CT molecular complexity index is 236. The first kappa shape index (κ1) is 8.22. The molecule has 3 aliphatic rings. The molecule has 0 spiro atoms. The zero-order chi connectivity index (χ0) is 9.10. The topological polar surface area (TPSA) is 3.24 Å². The van der Waals surface area contributed by atoms with Crippen molar-refractivity contribution in [3.63, 3.8) is 0 Å². The standard InChI is InChI=1S/C11H18FN/c1-10(4-5-10)11-3-2-6-13(11)8-9(12)7-11/h9H,2-8H2,1H3/t9-,11+/m1/s1. The van der Waals surface area contributed by atoms with Crippen LogP contribution in [-0.4, -0.2) is 29.7 Å². The second kappa shape index (κ2) is 2.28. The van der Waals surface area contributed by atoms with Gasteiger partial charge in [-0.3, -0.25) is 4.90 Å². The number of rotatable bonds is 1. The number of nitrogens with zero attached hydrogens (tertiary/aromatic N) is 1. The summed E-state index contributed by atoms with van der Waals surface area (Å²) in [5.41, 5.74) is 0.761. The van der Waals surface area contributed by atoms with Crippen molar-refractivity contribution in [3.05, 3.63) is 0 Å². The lowest BCUT2D eigenvalue weighted by molar-refractivity contribution is 0.110. The molecular formula is C11H18FN.